The van der Waals surface area contributed by atoms with Gasteiger partial charge in [0, 0.05) is 23.2 Å². The molecular weight excluding hydrogens is 392 g/mol. The number of rotatable bonds is 6. The van der Waals surface area contributed by atoms with Crippen LogP contribution in [0.3, 0.4) is 0 Å². The van der Waals surface area contributed by atoms with E-state index in [1.165, 1.54) is 4.68 Å². The second kappa shape index (κ2) is 7.51. The molecule has 8 nitrogen and oxygen atoms in total. The van der Waals surface area contributed by atoms with Crippen molar-refractivity contribution in [3.05, 3.63) is 52.7 Å². The van der Waals surface area contributed by atoms with Crippen molar-refractivity contribution in [2.75, 3.05) is 12.8 Å². The molecule has 0 radical (unpaired) electrons. The van der Waals surface area contributed by atoms with E-state index in [4.69, 9.17) is 15.0 Å². The van der Waals surface area contributed by atoms with Crippen LogP contribution in [0.2, 0.25) is 0 Å². The molecule has 29 heavy (non-hydrogen) atoms. The predicted octanol–water partition coefficient (Wildman–Crippen LogP) is 2.41. The molecule has 148 valence electrons. The van der Waals surface area contributed by atoms with Gasteiger partial charge in [-0.25, -0.2) is 4.98 Å². The number of ether oxygens (including phenoxy) is 1. The standard InChI is InChI=1S/C20H18N4O4S/c1-3-4-11-5-10-14-15(21)18(29-19(14)22-11)17(25)16-20(26)28-23-24(16)12-6-8-13(27-2)9-7-12/h5-10H,3-4H2,1-2H3,(H2-,21,23,25,26). The maximum absolute atomic E-state index is 13.2. The summed E-state index contributed by atoms with van der Waals surface area (Å²) in [5.41, 5.74) is 7.72. The minimum Gasteiger partial charge on any atom is -0.539 e. The number of carbonyl (C=O) groups excluding carboxylic acids is 1. The summed E-state index contributed by atoms with van der Waals surface area (Å²) in [6.45, 7) is 2.07. The Morgan fingerprint density at radius 1 is 1.28 bits per heavy atom. The molecule has 0 aliphatic carbocycles. The lowest BCUT2D eigenvalue weighted by molar-refractivity contribution is -0.672. The van der Waals surface area contributed by atoms with Crippen LogP contribution in [0.25, 0.3) is 15.9 Å². The fourth-order valence-electron chi connectivity index (χ4n) is 3.04. The van der Waals surface area contributed by atoms with Gasteiger partial charge in [-0.1, -0.05) is 13.3 Å². The Bertz CT molecular complexity index is 1200. The zero-order valence-electron chi connectivity index (χ0n) is 15.8. The molecule has 4 aromatic rings. The number of nitrogens with zero attached hydrogens (tertiary/aromatic N) is 3. The van der Waals surface area contributed by atoms with Crippen molar-refractivity contribution in [3.8, 4) is 17.4 Å². The van der Waals surface area contributed by atoms with Gasteiger partial charge in [-0.2, -0.15) is 0 Å². The lowest BCUT2D eigenvalue weighted by Crippen LogP contribution is -2.39. The van der Waals surface area contributed by atoms with Crippen LogP contribution in [-0.2, 0) is 6.42 Å². The number of nitrogen functional groups attached to an aromatic ring is 1. The van der Waals surface area contributed by atoms with Gasteiger partial charge in [0.15, 0.2) is 5.95 Å². The van der Waals surface area contributed by atoms with E-state index < -0.39 is 11.7 Å². The number of benzene rings is 1. The number of pyridine rings is 1. The molecule has 0 amide bonds. The highest BCUT2D eigenvalue weighted by Crippen LogP contribution is 2.34. The van der Waals surface area contributed by atoms with E-state index in [1.54, 1.807) is 31.4 Å². The van der Waals surface area contributed by atoms with E-state index in [9.17, 15) is 9.90 Å². The Hall–Kier alpha value is -3.46. The molecule has 0 fully saturated rings. The third-order valence-electron chi connectivity index (χ3n) is 4.51. The van der Waals surface area contributed by atoms with Crippen LogP contribution >= 0.6 is 11.3 Å². The van der Waals surface area contributed by atoms with Crippen molar-refractivity contribution in [2.24, 2.45) is 0 Å². The van der Waals surface area contributed by atoms with E-state index in [0.29, 0.717) is 27.3 Å². The Kier molecular flexibility index (Phi) is 4.89. The second-order valence-electron chi connectivity index (χ2n) is 6.40. The van der Waals surface area contributed by atoms with Gasteiger partial charge >= 0.3 is 5.69 Å². The molecule has 3 heterocycles. The number of hydrogen-bond donors (Lipinski definition) is 1. The van der Waals surface area contributed by atoms with Gasteiger partial charge in [-0.15, -0.1) is 11.3 Å². The molecule has 0 saturated carbocycles. The number of hydrogen-bond acceptors (Lipinski definition) is 8. The molecule has 9 heteroatoms. The van der Waals surface area contributed by atoms with E-state index in [2.05, 4.69) is 17.2 Å². The molecule has 2 N–H and O–H groups in total. The number of aromatic nitrogens is 3. The summed E-state index contributed by atoms with van der Waals surface area (Å²) in [4.78, 5) is 18.7. The molecule has 0 bridgehead atoms. The number of carbonyl (C=O) groups is 1. The minimum absolute atomic E-state index is 0.220. The van der Waals surface area contributed by atoms with Crippen molar-refractivity contribution in [1.29, 1.82) is 0 Å². The number of methoxy groups -OCH3 is 1. The van der Waals surface area contributed by atoms with Crippen LogP contribution in [0.1, 0.15) is 34.4 Å². The highest BCUT2D eigenvalue weighted by Gasteiger charge is 2.32. The molecule has 0 aliphatic heterocycles. The molecule has 0 unspecified atom stereocenters. The molecule has 0 aliphatic rings. The van der Waals surface area contributed by atoms with Gasteiger partial charge in [0.1, 0.15) is 15.5 Å². The van der Waals surface area contributed by atoms with Crippen LogP contribution in [-0.4, -0.2) is 23.1 Å². The van der Waals surface area contributed by atoms with Gasteiger partial charge < -0.3 is 20.1 Å². The minimum atomic E-state index is -0.831. The first-order chi connectivity index (χ1) is 14.0. The zero-order valence-corrected chi connectivity index (χ0v) is 16.7. The first kappa shape index (κ1) is 18.9. The second-order valence-corrected chi connectivity index (χ2v) is 7.40. The Balaban J connectivity index is 1.79. The quantitative estimate of drug-likeness (QED) is 0.383. The first-order valence-corrected chi connectivity index (χ1v) is 9.81. The Labute approximate surface area is 170 Å². The summed E-state index contributed by atoms with van der Waals surface area (Å²) >= 11 is 1.16. The summed E-state index contributed by atoms with van der Waals surface area (Å²) in [5.74, 6) is -0.748. The topological polar surface area (TPSA) is 118 Å². The van der Waals surface area contributed by atoms with Crippen molar-refractivity contribution in [2.45, 2.75) is 19.8 Å². The van der Waals surface area contributed by atoms with E-state index in [0.717, 1.165) is 29.9 Å². The average molecular weight is 410 g/mol. The molecule has 0 atom stereocenters. The van der Waals surface area contributed by atoms with Gasteiger partial charge in [0.2, 0.25) is 5.69 Å². The number of fused-ring (bicyclic) bond motifs is 1. The number of nitrogens with two attached hydrogens (primary N) is 1. The molecule has 3 aromatic heterocycles. The third kappa shape index (κ3) is 3.29. The highest BCUT2D eigenvalue weighted by atomic mass is 32.1. The number of anilines is 1. The van der Waals surface area contributed by atoms with Gasteiger partial charge in [0.25, 0.3) is 5.78 Å². The molecular formula is C20H18N4O4S. The third-order valence-corrected chi connectivity index (χ3v) is 5.62. The SMILES string of the molecule is CCCc1ccc2c(N)c(C(=O)c3c([O-])on[n+]3-c3ccc(OC)cc3)sc2n1. The number of ketones is 1. The predicted molar refractivity (Wildman–Crippen MR) is 105 cm³/mol. The van der Waals surface area contributed by atoms with Gasteiger partial charge in [-0.05, 0) is 35.4 Å². The van der Waals surface area contributed by atoms with Crippen LogP contribution < -0.4 is 20.3 Å². The van der Waals surface area contributed by atoms with Crippen molar-refractivity contribution >= 4 is 33.0 Å². The number of aryl methyl sites for hydroxylation is 1. The molecule has 4 rings (SSSR count). The smallest absolute Gasteiger partial charge is 0.312 e. The normalized spacial score (nSPS) is 11.1. The van der Waals surface area contributed by atoms with Gasteiger partial charge in [-0.3, -0.25) is 4.79 Å². The van der Waals surface area contributed by atoms with E-state index >= 15 is 0 Å². The van der Waals surface area contributed by atoms with E-state index in [1.807, 2.05) is 12.1 Å². The summed E-state index contributed by atoms with van der Waals surface area (Å²) in [6.07, 6.45) is 1.80. The van der Waals surface area contributed by atoms with Crippen LogP contribution in [0, 0.1) is 0 Å². The highest BCUT2D eigenvalue weighted by molar-refractivity contribution is 7.21. The Morgan fingerprint density at radius 2 is 2.03 bits per heavy atom. The lowest BCUT2D eigenvalue weighted by Gasteiger charge is -2.00. The lowest BCUT2D eigenvalue weighted by atomic mass is 10.1. The number of thiophene rings is 1. The average Bonchev–Trinajstić information content (AvgIpc) is 3.28. The zero-order chi connectivity index (χ0) is 20.5. The van der Waals surface area contributed by atoms with Crippen LogP contribution in [0.15, 0.2) is 40.9 Å². The van der Waals surface area contributed by atoms with Crippen LogP contribution in [0.4, 0.5) is 5.69 Å². The van der Waals surface area contributed by atoms with E-state index in [-0.39, 0.29) is 10.6 Å². The molecule has 1 aromatic carbocycles. The first-order valence-electron chi connectivity index (χ1n) is 8.99. The fourth-order valence-corrected chi connectivity index (χ4v) is 4.10. The maximum Gasteiger partial charge on any atom is 0.312 e. The summed E-state index contributed by atoms with van der Waals surface area (Å²) < 4.78 is 11.1. The summed E-state index contributed by atoms with van der Waals surface area (Å²) in [7, 11) is 1.55. The van der Waals surface area contributed by atoms with Crippen LogP contribution in [0.5, 0.6) is 11.7 Å². The summed E-state index contributed by atoms with van der Waals surface area (Å²) in [6, 6.07) is 10.5. The van der Waals surface area contributed by atoms with Gasteiger partial charge in [0.05, 0.1) is 18.1 Å². The van der Waals surface area contributed by atoms with Crippen molar-refractivity contribution in [3.63, 3.8) is 0 Å². The largest absolute Gasteiger partial charge is 0.539 e. The fraction of sp³-hybridized carbons (Fsp3) is 0.200. The monoisotopic (exact) mass is 410 g/mol. The van der Waals surface area contributed by atoms with Crippen molar-refractivity contribution < 1.29 is 23.8 Å². The van der Waals surface area contributed by atoms with Crippen molar-refractivity contribution in [1.82, 2.24) is 10.3 Å². The summed E-state index contributed by atoms with van der Waals surface area (Å²) in [5, 5.41) is 16.7. The Morgan fingerprint density at radius 3 is 2.72 bits per heavy atom. The maximum atomic E-state index is 13.2. The molecule has 0 spiro atoms. The molecule has 0 saturated heterocycles.